The quantitative estimate of drug-likeness (QED) is 0.398. The standard InChI is InChI=1S/C29H27N3O2/c1-4-19-13-15-20(16-14-19)22-17-31-28(34)32(24-12-8-5-9-18(24)2)27(33)29(31,3)26-25(22)21-10-6-7-11-23(21)30-26/h5-16,22,30H,4,17H2,1-3H3/t22-,29+/m1/s1. The molecule has 2 aliphatic heterocycles. The summed E-state index contributed by atoms with van der Waals surface area (Å²) in [5, 5.41) is 1.11. The zero-order valence-electron chi connectivity index (χ0n) is 19.6. The molecule has 170 valence electrons. The van der Waals surface area contributed by atoms with Crippen LogP contribution in [-0.4, -0.2) is 28.4 Å². The highest BCUT2D eigenvalue weighted by atomic mass is 16.2. The number of anilines is 1. The maximum atomic E-state index is 14.0. The number of H-pyrrole nitrogens is 1. The van der Waals surface area contributed by atoms with E-state index < -0.39 is 5.54 Å². The number of nitrogens with one attached hydrogen (secondary N) is 1. The first-order valence-electron chi connectivity index (χ1n) is 11.9. The second kappa shape index (κ2) is 7.32. The van der Waals surface area contributed by atoms with Gasteiger partial charge in [0.15, 0.2) is 5.54 Å². The first-order valence-corrected chi connectivity index (χ1v) is 11.9. The molecule has 1 aromatic heterocycles. The zero-order chi connectivity index (χ0) is 23.6. The van der Waals surface area contributed by atoms with Crippen LogP contribution in [0.1, 0.15) is 47.7 Å². The molecule has 1 N–H and O–H groups in total. The van der Waals surface area contributed by atoms with Gasteiger partial charge >= 0.3 is 6.03 Å². The van der Waals surface area contributed by atoms with Crippen molar-refractivity contribution in [3.8, 4) is 0 Å². The summed E-state index contributed by atoms with van der Waals surface area (Å²) in [5.41, 5.74) is 5.81. The maximum Gasteiger partial charge on any atom is 0.332 e. The third kappa shape index (κ3) is 2.67. The van der Waals surface area contributed by atoms with Crippen LogP contribution in [0.4, 0.5) is 10.5 Å². The number of hydrogen-bond donors (Lipinski definition) is 1. The third-order valence-corrected chi connectivity index (χ3v) is 7.67. The van der Waals surface area contributed by atoms with E-state index in [1.807, 2.05) is 56.3 Å². The van der Waals surface area contributed by atoms with Crippen molar-refractivity contribution < 1.29 is 9.59 Å². The first kappa shape index (κ1) is 20.7. The van der Waals surface area contributed by atoms with Crippen LogP contribution in [-0.2, 0) is 16.8 Å². The van der Waals surface area contributed by atoms with Crippen molar-refractivity contribution in [3.05, 3.63) is 101 Å². The Morgan fingerprint density at radius 1 is 0.971 bits per heavy atom. The molecule has 0 bridgehead atoms. The molecule has 2 atom stereocenters. The molecule has 3 amide bonds. The number of hydrogen-bond acceptors (Lipinski definition) is 2. The van der Waals surface area contributed by atoms with Gasteiger partial charge in [0.2, 0.25) is 0 Å². The molecule has 0 aliphatic carbocycles. The number of carbonyl (C=O) groups is 2. The normalized spacial score (nSPS) is 21.8. The van der Waals surface area contributed by atoms with E-state index >= 15 is 0 Å². The molecule has 0 saturated carbocycles. The monoisotopic (exact) mass is 449 g/mol. The molecule has 4 aromatic rings. The SMILES string of the molecule is CCc1ccc([C@H]2CN3C(=O)N(c4ccccc4C)C(=O)[C@]3(C)c3[nH]c4ccccc4c32)cc1. The predicted octanol–water partition coefficient (Wildman–Crippen LogP) is 5.87. The van der Waals surface area contributed by atoms with Crippen molar-refractivity contribution in [2.45, 2.75) is 38.6 Å². The van der Waals surface area contributed by atoms with E-state index in [0.717, 1.165) is 39.7 Å². The summed E-state index contributed by atoms with van der Waals surface area (Å²) in [7, 11) is 0. The molecule has 34 heavy (non-hydrogen) atoms. The number of imide groups is 1. The molecule has 5 nitrogen and oxygen atoms in total. The van der Waals surface area contributed by atoms with Crippen molar-refractivity contribution in [3.63, 3.8) is 0 Å². The van der Waals surface area contributed by atoms with Gasteiger partial charge in [-0.15, -0.1) is 0 Å². The lowest BCUT2D eigenvalue weighted by atomic mass is 9.78. The first-order chi connectivity index (χ1) is 16.4. The van der Waals surface area contributed by atoms with Crippen LogP contribution in [0.5, 0.6) is 0 Å². The second-order valence-corrected chi connectivity index (χ2v) is 9.50. The van der Waals surface area contributed by atoms with Gasteiger partial charge in [0, 0.05) is 23.4 Å². The van der Waals surface area contributed by atoms with Gasteiger partial charge < -0.3 is 9.88 Å². The number of benzene rings is 3. The second-order valence-electron chi connectivity index (χ2n) is 9.50. The van der Waals surface area contributed by atoms with Crippen LogP contribution < -0.4 is 4.90 Å². The summed E-state index contributed by atoms with van der Waals surface area (Å²) in [5.74, 6) is -0.238. The molecule has 3 heterocycles. The summed E-state index contributed by atoms with van der Waals surface area (Å²) in [6, 6.07) is 24.1. The van der Waals surface area contributed by atoms with E-state index in [1.54, 1.807) is 4.90 Å². The number of carbonyl (C=O) groups excluding carboxylic acids is 2. The Hall–Kier alpha value is -3.86. The molecule has 0 unspecified atom stereocenters. The average molecular weight is 450 g/mol. The van der Waals surface area contributed by atoms with E-state index in [9.17, 15) is 9.59 Å². The Balaban J connectivity index is 1.58. The van der Waals surface area contributed by atoms with Crippen LogP contribution in [0.15, 0.2) is 72.8 Å². The molecular weight excluding hydrogens is 422 g/mol. The van der Waals surface area contributed by atoms with Crippen molar-refractivity contribution in [1.82, 2.24) is 9.88 Å². The molecule has 2 aliphatic rings. The van der Waals surface area contributed by atoms with Gasteiger partial charge in [-0.05, 0) is 54.7 Å². The summed E-state index contributed by atoms with van der Waals surface area (Å²) in [6.45, 7) is 6.41. The number of urea groups is 1. The van der Waals surface area contributed by atoms with Crippen LogP contribution in [0.2, 0.25) is 0 Å². The largest absolute Gasteiger partial charge is 0.356 e. The number of aromatic nitrogens is 1. The molecule has 6 rings (SSSR count). The lowest BCUT2D eigenvalue weighted by Gasteiger charge is -2.40. The summed E-state index contributed by atoms with van der Waals surface area (Å²) >= 11 is 0. The van der Waals surface area contributed by atoms with Gasteiger partial charge in [-0.25, -0.2) is 9.69 Å². The fraction of sp³-hybridized carbons (Fsp3) is 0.241. The minimum Gasteiger partial charge on any atom is -0.356 e. The number of nitrogens with zero attached hydrogens (tertiary/aromatic N) is 2. The highest BCUT2D eigenvalue weighted by Crippen LogP contribution is 2.50. The van der Waals surface area contributed by atoms with Gasteiger partial charge in [-0.3, -0.25) is 4.79 Å². The topological polar surface area (TPSA) is 56.4 Å². The Kier molecular flexibility index (Phi) is 4.46. The van der Waals surface area contributed by atoms with Gasteiger partial charge in [0.25, 0.3) is 5.91 Å². The number of fused-ring (bicyclic) bond motifs is 5. The van der Waals surface area contributed by atoms with Crippen LogP contribution in [0.25, 0.3) is 10.9 Å². The van der Waals surface area contributed by atoms with Crippen LogP contribution in [0, 0.1) is 6.92 Å². The molecule has 5 heteroatoms. The molecule has 0 spiro atoms. The van der Waals surface area contributed by atoms with Gasteiger partial charge in [0.1, 0.15) is 0 Å². The maximum absolute atomic E-state index is 14.0. The van der Waals surface area contributed by atoms with Crippen LogP contribution >= 0.6 is 0 Å². The lowest BCUT2D eigenvalue weighted by Crippen LogP contribution is -2.50. The predicted molar refractivity (Wildman–Crippen MR) is 134 cm³/mol. The van der Waals surface area contributed by atoms with Crippen molar-refractivity contribution >= 4 is 28.5 Å². The van der Waals surface area contributed by atoms with Gasteiger partial charge in [0.05, 0.1) is 11.4 Å². The minimum absolute atomic E-state index is 0.0290. The molecular formula is C29H27N3O2. The fourth-order valence-corrected chi connectivity index (χ4v) is 5.70. The van der Waals surface area contributed by atoms with E-state index in [1.165, 1.54) is 10.5 Å². The molecule has 1 fully saturated rings. The molecule has 1 saturated heterocycles. The van der Waals surface area contributed by atoms with Crippen molar-refractivity contribution in [2.75, 3.05) is 11.4 Å². The van der Waals surface area contributed by atoms with E-state index in [2.05, 4.69) is 42.2 Å². The van der Waals surface area contributed by atoms with Crippen molar-refractivity contribution in [1.29, 1.82) is 0 Å². The Labute approximate surface area is 199 Å². The number of rotatable bonds is 3. The molecule has 0 radical (unpaired) electrons. The minimum atomic E-state index is -1.09. The third-order valence-electron chi connectivity index (χ3n) is 7.67. The van der Waals surface area contributed by atoms with Crippen molar-refractivity contribution in [2.24, 2.45) is 0 Å². The number of para-hydroxylation sites is 2. The fourth-order valence-electron chi connectivity index (χ4n) is 5.70. The van der Waals surface area contributed by atoms with E-state index in [4.69, 9.17) is 0 Å². The summed E-state index contributed by atoms with van der Waals surface area (Å²) < 4.78 is 0. The molecule has 3 aromatic carbocycles. The number of amides is 3. The lowest BCUT2D eigenvalue weighted by molar-refractivity contribution is -0.125. The van der Waals surface area contributed by atoms with Crippen LogP contribution in [0.3, 0.4) is 0 Å². The van der Waals surface area contributed by atoms with Gasteiger partial charge in [-0.2, -0.15) is 0 Å². The van der Waals surface area contributed by atoms with Gasteiger partial charge in [-0.1, -0.05) is 67.6 Å². The highest BCUT2D eigenvalue weighted by Gasteiger charge is 2.60. The smallest absolute Gasteiger partial charge is 0.332 e. The highest BCUT2D eigenvalue weighted by molar-refractivity contribution is 6.24. The average Bonchev–Trinajstić information content (AvgIpc) is 3.34. The zero-order valence-corrected chi connectivity index (χ0v) is 19.6. The summed E-state index contributed by atoms with van der Waals surface area (Å²) in [4.78, 5) is 34.5. The Morgan fingerprint density at radius 3 is 2.41 bits per heavy atom. The number of aryl methyl sites for hydroxylation is 2. The van der Waals surface area contributed by atoms with E-state index in [-0.39, 0.29) is 17.9 Å². The Morgan fingerprint density at radius 2 is 1.68 bits per heavy atom. The van der Waals surface area contributed by atoms with E-state index in [0.29, 0.717) is 12.2 Å². The Bertz CT molecular complexity index is 1450. The summed E-state index contributed by atoms with van der Waals surface area (Å²) in [6.07, 6.45) is 0.978. The number of aromatic amines is 1.